The van der Waals surface area contributed by atoms with Crippen molar-refractivity contribution in [3.8, 4) is 0 Å². The minimum absolute atomic E-state index is 0.112. The van der Waals surface area contributed by atoms with E-state index in [1.807, 2.05) is 6.07 Å². The Bertz CT molecular complexity index is 341. The van der Waals surface area contributed by atoms with Crippen LogP contribution in [0.3, 0.4) is 0 Å². The van der Waals surface area contributed by atoms with Crippen LogP contribution >= 0.6 is 0 Å². The molecular weight excluding hydrogens is 224 g/mol. The number of benzene rings is 1. The Balaban J connectivity index is 2.63. The van der Waals surface area contributed by atoms with E-state index in [4.69, 9.17) is 10.8 Å². The highest BCUT2D eigenvalue weighted by molar-refractivity contribution is 5.54. The van der Waals surface area contributed by atoms with Gasteiger partial charge in [-0.1, -0.05) is 25.1 Å². The summed E-state index contributed by atoms with van der Waals surface area (Å²) in [6, 6.07) is 8.48. The predicted octanol–water partition coefficient (Wildman–Crippen LogP) is 2.70. The summed E-state index contributed by atoms with van der Waals surface area (Å²) in [5.41, 5.74) is 8.61. The zero-order chi connectivity index (χ0) is 13.4. The first-order chi connectivity index (χ1) is 8.70. The SMILES string of the molecule is CC[C@@H](N)c1ccccc1N(C)CCCCCO. The molecule has 0 amide bonds. The van der Waals surface area contributed by atoms with Gasteiger partial charge in [-0.2, -0.15) is 0 Å². The third-order valence-corrected chi connectivity index (χ3v) is 3.34. The zero-order valence-electron chi connectivity index (χ0n) is 11.6. The lowest BCUT2D eigenvalue weighted by Gasteiger charge is -2.24. The van der Waals surface area contributed by atoms with E-state index in [1.165, 1.54) is 11.3 Å². The van der Waals surface area contributed by atoms with E-state index in [0.717, 1.165) is 32.2 Å². The van der Waals surface area contributed by atoms with E-state index < -0.39 is 0 Å². The molecule has 1 rings (SSSR count). The first-order valence-corrected chi connectivity index (χ1v) is 6.87. The molecule has 3 heteroatoms. The standard InChI is InChI=1S/C15H26N2O/c1-3-14(16)13-9-5-6-10-15(13)17(2)11-7-4-8-12-18/h5-6,9-10,14,18H,3-4,7-8,11-12,16H2,1-2H3/t14-/m1/s1. The summed E-state index contributed by atoms with van der Waals surface area (Å²) in [7, 11) is 2.11. The van der Waals surface area contributed by atoms with Crippen molar-refractivity contribution in [1.29, 1.82) is 0 Å². The normalized spacial score (nSPS) is 12.4. The largest absolute Gasteiger partial charge is 0.396 e. The number of aliphatic hydroxyl groups is 1. The molecule has 1 aromatic rings. The molecule has 1 aromatic carbocycles. The molecule has 0 aliphatic rings. The minimum atomic E-state index is 0.112. The molecule has 0 aliphatic heterocycles. The lowest BCUT2D eigenvalue weighted by molar-refractivity contribution is 0.283. The molecule has 0 saturated heterocycles. The fourth-order valence-corrected chi connectivity index (χ4v) is 2.13. The summed E-state index contributed by atoms with van der Waals surface area (Å²) in [6.45, 7) is 3.41. The summed E-state index contributed by atoms with van der Waals surface area (Å²) >= 11 is 0. The minimum Gasteiger partial charge on any atom is -0.396 e. The number of hydrogen-bond donors (Lipinski definition) is 2. The maximum absolute atomic E-state index is 8.77. The van der Waals surface area contributed by atoms with Gasteiger partial charge in [0.05, 0.1) is 0 Å². The van der Waals surface area contributed by atoms with Crippen molar-refractivity contribution in [2.75, 3.05) is 25.1 Å². The number of nitrogens with two attached hydrogens (primary N) is 1. The van der Waals surface area contributed by atoms with Gasteiger partial charge >= 0.3 is 0 Å². The molecule has 0 unspecified atom stereocenters. The summed E-state index contributed by atoms with van der Waals surface area (Å²) in [5, 5.41) is 8.77. The first-order valence-electron chi connectivity index (χ1n) is 6.87. The maximum Gasteiger partial charge on any atom is 0.0431 e. The Morgan fingerprint density at radius 3 is 2.61 bits per heavy atom. The molecule has 0 aliphatic carbocycles. The number of unbranched alkanes of at least 4 members (excludes halogenated alkanes) is 2. The van der Waals surface area contributed by atoms with Gasteiger partial charge in [-0.25, -0.2) is 0 Å². The summed E-state index contributed by atoms with van der Waals surface area (Å²) in [4.78, 5) is 2.27. The van der Waals surface area contributed by atoms with Crippen LogP contribution < -0.4 is 10.6 Å². The summed E-state index contributed by atoms with van der Waals surface area (Å²) in [5.74, 6) is 0. The van der Waals surface area contributed by atoms with Gasteiger partial charge in [0.15, 0.2) is 0 Å². The van der Waals surface area contributed by atoms with Crippen LogP contribution in [-0.2, 0) is 0 Å². The second-order valence-corrected chi connectivity index (χ2v) is 4.78. The van der Waals surface area contributed by atoms with Gasteiger partial charge < -0.3 is 15.7 Å². The number of anilines is 1. The average molecular weight is 250 g/mol. The van der Waals surface area contributed by atoms with Crippen LogP contribution in [0.4, 0.5) is 5.69 Å². The maximum atomic E-state index is 8.77. The monoisotopic (exact) mass is 250 g/mol. The second kappa shape index (κ2) is 8.11. The van der Waals surface area contributed by atoms with Crippen molar-refractivity contribution < 1.29 is 5.11 Å². The number of nitrogens with zero attached hydrogens (tertiary/aromatic N) is 1. The summed E-state index contributed by atoms with van der Waals surface area (Å²) in [6.07, 6.45) is 4.02. The van der Waals surface area contributed by atoms with Crippen LogP contribution in [0.2, 0.25) is 0 Å². The smallest absolute Gasteiger partial charge is 0.0431 e. The number of hydrogen-bond acceptors (Lipinski definition) is 3. The number of para-hydroxylation sites is 1. The van der Waals surface area contributed by atoms with Crippen molar-refractivity contribution in [3.05, 3.63) is 29.8 Å². The lowest BCUT2D eigenvalue weighted by Crippen LogP contribution is -2.22. The molecule has 0 saturated carbocycles. The molecule has 0 heterocycles. The van der Waals surface area contributed by atoms with E-state index in [1.54, 1.807) is 0 Å². The van der Waals surface area contributed by atoms with Crippen LogP contribution in [0.1, 0.15) is 44.2 Å². The van der Waals surface area contributed by atoms with Crippen molar-refractivity contribution in [2.24, 2.45) is 5.73 Å². The molecular formula is C15H26N2O. The van der Waals surface area contributed by atoms with Gasteiger partial charge in [0.2, 0.25) is 0 Å². The fraction of sp³-hybridized carbons (Fsp3) is 0.600. The van der Waals surface area contributed by atoms with E-state index in [2.05, 4.69) is 37.1 Å². The highest BCUT2D eigenvalue weighted by Crippen LogP contribution is 2.26. The van der Waals surface area contributed by atoms with Gasteiger partial charge in [0.1, 0.15) is 0 Å². The van der Waals surface area contributed by atoms with E-state index in [9.17, 15) is 0 Å². The molecule has 0 fully saturated rings. The van der Waals surface area contributed by atoms with Crippen molar-refractivity contribution in [2.45, 2.75) is 38.6 Å². The van der Waals surface area contributed by atoms with Crippen LogP contribution in [0.5, 0.6) is 0 Å². The van der Waals surface area contributed by atoms with Crippen molar-refractivity contribution in [1.82, 2.24) is 0 Å². The van der Waals surface area contributed by atoms with Crippen molar-refractivity contribution >= 4 is 5.69 Å². The Morgan fingerprint density at radius 2 is 1.94 bits per heavy atom. The third-order valence-electron chi connectivity index (χ3n) is 3.34. The number of aliphatic hydroxyl groups excluding tert-OH is 1. The van der Waals surface area contributed by atoms with Crippen LogP contribution in [0.25, 0.3) is 0 Å². The van der Waals surface area contributed by atoms with Crippen LogP contribution in [0.15, 0.2) is 24.3 Å². The van der Waals surface area contributed by atoms with E-state index in [0.29, 0.717) is 6.61 Å². The summed E-state index contributed by atoms with van der Waals surface area (Å²) < 4.78 is 0. The molecule has 0 aromatic heterocycles. The Hall–Kier alpha value is -1.06. The van der Waals surface area contributed by atoms with Crippen LogP contribution in [-0.4, -0.2) is 25.3 Å². The first kappa shape index (κ1) is 15.0. The van der Waals surface area contributed by atoms with Crippen LogP contribution in [0, 0.1) is 0 Å². The van der Waals surface area contributed by atoms with Gasteiger partial charge in [0.25, 0.3) is 0 Å². The van der Waals surface area contributed by atoms with Gasteiger partial charge in [0, 0.05) is 31.9 Å². The highest BCUT2D eigenvalue weighted by atomic mass is 16.2. The van der Waals surface area contributed by atoms with Gasteiger partial charge in [-0.05, 0) is 37.3 Å². The predicted molar refractivity (Wildman–Crippen MR) is 77.9 cm³/mol. The Morgan fingerprint density at radius 1 is 1.22 bits per heavy atom. The van der Waals surface area contributed by atoms with Gasteiger partial charge in [-0.3, -0.25) is 0 Å². The Labute approximate surface area is 111 Å². The fourth-order valence-electron chi connectivity index (χ4n) is 2.13. The van der Waals surface area contributed by atoms with Crippen molar-refractivity contribution in [3.63, 3.8) is 0 Å². The quantitative estimate of drug-likeness (QED) is 0.697. The Kier molecular flexibility index (Phi) is 6.76. The topological polar surface area (TPSA) is 49.5 Å². The van der Waals surface area contributed by atoms with E-state index in [-0.39, 0.29) is 6.04 Å². The third kappa shape index (κ3) is 4.31. The molecule has 1 atom stereocenters. The number of rotatable bonds is 8. The molecule has 0 radical (unpaired) electrons. The zero-order valence-corrected chi connectivity index (χ0v) is 11.6. The lowest BCUT2D eigenvalue weighted by atomic mass is 10.0. The molecule has 0 spiro atoms. The molecule has 3 N–H and O–H groups in total. The average Bonchev–Trinajstić information content (AvgIpc) is 2.42. The second-order valence-electron chi connectivity index (χ2n) is 4.78. The molecule has 18 heavy (non-hydrogen) atoms. The molecule has 3 nitrogen and oxygen atoms in total. The highest BCUT2D eigenvalue weighted by Gasteiger charge is 2.11. The van der Waals surface area contributed by atoms with Gasteiger partial charge in [-0.15, -0.1) is 0 Å². The molecule has 102 valence electrons. The molecule has 0 bridgehead atoms. The van der Waals surface area contributed by atoms with E-state index >= 15 is 0 Å².